The Balaban J connectivity index is 1.94. The maximum Gasteiger partial charge on any atom is 0.319 e. The molecule has 0 spiro atoms. The number of nitrogens with one attached hydrogen (secondary N) is 4. The fourth-order valence-electron chi connectivity index (χ4n) is 2.77. The number of aliphatic hydroxyl groups is 1. The Hall–Kier alpha value is -2.12. The molecule has 0 bridgehead atoms. The summed E-state index contributed by atoms with van der Waals surface area (Å²) in [6.07, 6.45) is 1.06. The van der Waals surface area contributed by atoms with E-state index in [0.29, 0.717) is 30.8 Å². The fraction of sp³-hybridized carbons (Fsp3) is 0.556. The first kappa shape index (κ1) is 19.2. The lowest BCUT2D eigenvalue weighted by molar-refractivity contribution is -0.116. The summed E-state index contributed by atoms with van der Waals surface area (Å²) in [6, 6.07) is 4.99. The molecule has 2 rings (SSSR count). The molecule has 0 radical (unpaired) electrons. The van der Waals surface area contributed by atoms with Gasteiger partial charge in [0, 0.05) is 30.9 Å². The number of anilines is 2. The predicted octanol–water partition coefficient (Wildman–Crippen LogP) is 1.83. The van der Waals surface area contributed by atoms with Gasteiger partial charge in [0.1, 0.15) is 0 Å². The number of hydrogen-bond donors (Lipinski definition) is 5. The molecule has 7 nitrogen and oxygen atoms in total. The van der Waals surface area contributed by atoms with Gasteiger partial charge in [0.2, 0.25) is 5.91 Å². The van der Waals surface area contributed by atoms with Gasteiger partial charge in [0.05, 0.1) is 5.60 Å². The SMILES string of the molecule is Cc1c(NC(=O)CC(C)C)cccc1NC(=O)NC[C@]1(O)CCNC1. The Labute approximate surface area is 148 Å². The third kappa shape index (κ3) is 5.72. The smallest absolute Gasteiger partial charge is 0.319 e. The maximum absolute atomic E-state index is 12.1. The highest BCUT2D eigenvalue weighted by molar-refractivity contribution is 5.95. The van der Waals surface area contributed by atoms with Gasteiger partial charge in [-0.3, -0.25) is 4.79 Å². The van der Waals surface area contributed by atoms with Crippen molar-refractivity contribution in [3.8, 4) is 0 Å². The lowest BCUT2D eigenvalue weighted by Gasteiger charge is -2.22. The van der Waals surface area contributed by atoms with Gasteiger partial charge < -0.3 is 26.4 Å². The zero-order valence-corrected chi connectivity index (χ0v) is 15.1. The van der Waals surface area contributed by atoms with Crippen LogP contribution in [0.3, 0.4) is 0 Å². The van der Waals surface area contributed by atoms with E-state index in [1.54, 1.807) is 12.1 Å². The molecule has 1 atom stereocenters. The van der Waals surface area contributed by atoms with E-state index in [1.165, 1.54) is 0 Å². The van der Waals surface area contributed by atoms with Crippen LogP contribution in [0, 0.1) is 12.8 Å². The predicted molar refractivity (Wildman–Crippen MR) is 98.7 cm³/mol. The van der Waals surface area contributed by atoms with E-state index in [9.17, 15) is 14.7 Å². The second kappa shape index (κ2) is 8.31. The number of hydrogen-bond acceptors (Lipinski definition) is 4. The van der Waals surface area contributed by atoms with Gasteiger partial charge >= 0.3 is 6.03 Å². The molecule has 1 heterocycles. The maximum atomic E-state index is 12.1. The molecule has 25 heavy (non-hydrogen) atoms. The average Bonchev–Trinajstić information content (AvgIpc) is 2.96. The topological polar surface area (TPSA) is 102 Å². The minimum Gasteiger partial charge on any atom is -0.387 e. The number of β-amino-alcohol motifs (C(OH)–C–C–N with tert-alkyl or cyclic N) is 1. The van der Waals surface area contributed by atoms with Gasteiger partial charge in [0.15, 0.2) is 0 Å². The molecular weight excluding hydrogens is 320 g/mol. The molecule has 0 unspecified atom stereocenters. The van der Waals surface area contributed by atoms with Crippen molar-refractivity contribution in [2.24, 2.45) is 5.92 Å². The summed E-state index contributed by atoms with van der Waals surface area (Å²) in [5, 5.41) is 21.6. The van der Waals surface area contributed by atoms with E-state index in [-0.39, 0.29) is 24.4 Å². The summed E-state index contributed by atoms with van der Waals surface area (Å²) in [5.74, 6) is 0.235. The van der Waals surface area contributed by atoms with E-state index in [1.807, 2.05) is 26.8 Å². The summed E-state index contributed by atoms with van der Waals surface area (Å²) in [4.78, 5) is 24.1. The van der Waals surface area contributed by atoms with Crippen molar-refractivity contribution in [3.05, 3.63) is 23.8 Å². The number of urea groups is 1. The Morgan fingerprint density at radius 3 is 2.56 bits per heavy atom. The normalized spacial score (nSPS) is 19.7. The van der Waals surface area contributed by atoms with Crippen LogP contribution in [0.5, 0.6) is 0 Å². The van der Waals surface area contributed by atoms with Crippen LogP contribution >= 0.6 is 0 Å². The lowest BCUT2D eigenvalue weighted by Crippen LogP contribution is -2.45. The van der Waals surface area contributed by atoms with Crippen molar-refractivity contribution in [1.82, 2.24) is 10.6 Å². The first-order valence-electron chi connectivity index (χ1n) is 8.66. The van der Waals surface area contributed by atoms with Crippen LogP contribution in [0.15, 0.2) is 18.2 Å². The second-order valence-corrected chi connectivity index (χ2v) is 7.08. The number of rotatable bonds is 6. The third-order valence-electron chi connectivity index (χ3n) is 4.25. The van der Waals surface area contributed by atoms with Crippen LogP contribution in [-0.4, -0.2) is 42.3 Å². The minimum atomic E-state index is -0.890. The molecule has 1 fully saturated rings. The second-order valence-electron chi connectivity index (χ2n) is 7.08. The van der Waals surface area contributed by atoms with E-state index in [2.05, 4.69) is 21.3 Å². The summed E-state index contributed by atoms with van der Waals surface area (Å²) < 4.78 is 0. The van der Waals surface area contributed by atoms with Crippen molar-refractivity contribution in [3.63, 3.8) is 0 Å². The zero-order valence-electron chi connectivity index (χ0n) is 15.1. The molecule has 3 amide bonds. The van der Waals surface area contributed by atoms with Gasteiger partial charge in [-0.25, -0.2) is 4.79 Å². The molecule has 1 aromatic rings. The summed E-state index contributed by atoms with van der Waals surface area (Å²) in [5.41, 5.74) is 1.20. The van der Waals surface area contributed by atoms with E-state index < -0.39 is 5.60 Å². The minimum absolute atomic E-state index is 0.0457. The van der Waals surface area contributed by atoms with Crippen LogP contribution < -0.4 is 21.3 Å². The highest BCUT2D eigenvalue weighted by Gasteiger charge is 2.31. The monoisotopic (exact) mass is 348 g/mol. The molecule has 0 saturated carbocycles. The van der Waals surface area contributed by atoms with Gasteiger partial charge in [0.25, 0.3) is 0 Å². The Bertz CT molecular complexity index is 625. The van der Waals surface area contributed by atoms with Gasteiger partial charge in [-0.2, -0.15) is 0 Å². The molecule has 1 aliphatic heterocycles. The lowest BCUT2D eigenvalue weighted by atomic mass is 10.0. The van der Waals surface area contributed by atoms with Crippen LogP contribution in [0.2, 0.25) is 0 Å². The van der Waals surface area contributed by atoms with Crippen molar-refractivity contribution in [2.45, 2.75) is 39.2 Å². The standard InChI is InChI=1S/C18H28N4O3/c1-12(2)9-16(23)21-14-5-4-6-15(13(14)3)22-17(24)20-11-18(25)7-8-19-10-18/h4-6,12,19,25H,7-11H2,1-3H3,(H,21,23)(H2,20,22,24)/t18-/m0/s1. The molecule has 0 aliphatic carbocycles. The number of benzene rings is 1. The zero-order chi connectivity index (χ0) is 18.4. The van der Waals surface area contributed by atoms with Crippen LogP contribution in [-0.2, 0) is 4.79 Å². The highest BCUT2D eigenvalue weighted by atomic mass is 16.3. The molecule has 5 N–H and O–H groups in total. The molecular formula is C18H28N4O3. The number of carbonyl (C=O) groups excluding carboxylic acids is 2. The van der Waals surface area contributed by atoms with Crippen LogP contribution in [0.25, 0.3) is 0 Å². The molecule has 7 heteroatoms. The highest BCUT2D eigenvalue weighted by Crippen LogP contribution is 2.24. The first-order chi connectivity index (χ1) is 11.8. The molecule has 1 aliphatic rings. The Kier molecular flexibility index (Phi) is 6.39. The van der Waals surface area contributed by atoms with Gasteiger partial charge in [-0.15, -0.1) is 0 Å². The summed E-state index contributed by atoms with van der Waals surface area (Å²) in [6.45, 7) is 7.23. The van der Waals surface area contributed by atoms with Crippen molar-refractivity contribution >= 4 is 23.3 Å². The van der Waals surface area contributed by atoms with Crippen LogP contribution in [0.1, 0.15) is 32.3 Å². The van der Waals surface area contributed by atoms with E-state index >= 15 is 0 Å². The average molecular weight is 348 g/mol. The molecule has 1 saturated heterocycles. The van der Waals surface area contributed by atoms with Crippen LogP contribution in [0.4, 0.5) is 16.2 Å². The fourth-order valence-corrected chi connectivity index (χ4v) is 2.77. The summed E-state index contributed by atoms with van der Waals surface area (Å²) in [7, 11) is 0. The van der Waals surface area contributed by atoms with Crippen molar-refractivity contribution < 1.29 is 14.7 Å². The molecule has 0 aromatic heterocycles. The molecule has 1 aromatic carbocycles. The van der Waals surface area contributed by atoms with Gasteiger partial charge in [-0.1, -0.05) is 19.9 Å². The third-order valence-corrected chi connectivity index (χ3v) is 4.25. The largest absolute Gasteiger partial charge is 0.387 e. The van der Waals surface area contributed by atoms with E-state index in [4.69, 9.17) is 0 Å². The van der Waals surface area contributed by atoms with Crippen molar-refractivity contribution in [2.75, 3.05) is 30.3 Å². The van der Waals surface area contributed by atoms with Gasteiger partial charge in [-0.05, 0) is 43.5 Å². The summed E-state index contributed by atoms with van der Waals surface area (Å²) >= 11 is 0. The number of amides is 3. The quantitative estimate of drug-likeness (QED) is 0.541. The molecule has 138 valence electrons. The Morgan fingerprint density at radius 2 is 1.96 bits per heavy atom. The number of carbonyl (C=O) groups is 2. The first-order valence-corrected chi connectivity index (χ1v) is 8.66. The van der Waals surface area contributed by atoms with Crippen molar-refractivity contribution in [1.29, 1.82) is 0 Å². The Morgan fingerprint density at radius 1 is 1.28 bits per heavy atom. The van der Waals surface area contributed by atoms with E-state index in [0.717, 1.165) is 12.1 Å².